The van der Waals surface area contributed by atoms with Gasteiger partial charge in [0.2, 0.25) is 0 Å². The number of amides is 2. The highest BCUT2D eigenvalue weighted by molar-refractivity contribution is 8.76. The van der Waals surface area contributed by atoms with E-state index >= 15 is 0 Å². The molecule has 0 heterocycles. The number of hydrogen-bond acceptors (Lipinski definition) is 4. The molecule has 4 nitrogen and oxygen atoms in total. The Labute approximate surface area is 194 Å². The molecule has 158 valence electrons. The minimum Gasteiger partial charge on any atom is -0.320 e. The van der Waals surface area contributed by atoms with E-state index in [1.165, 1.54) is 10.8 Å². The molecule has 0 saturated carbocycles. The Bertz CT molecular complexity index is 1200. The Hall–Kier alpha value is -3.48. The van der Waals surface area contributed by atoms with Gasteiger partial charge >= 0.3 is 0 Å². The first-order valence-corrected chi connectivity index (χ1v) is 12.1. The van der Waals surface area contributed by atoms with Crippen LogP contribution in [-0.4, -0.2) is 11.8 Å². The van der Waals surface area contributed by atoms with Crippen molar-refractivity contribution in [3.05, 3.63) is 120 Å². The molecule has 4 aromatic rings. The van der Waals surface area contributed by atoms with Crippen LogP contribution in [0, 0.1) is 0 Å². The van der Waals surface area contributed by atoms with E-state index in [9.17, 15) is 9.59 Å². The summed E-state index contributed by atoms with van der Waals surface area (Å²) in [5.41, 5.74) is 2.20. The van der Waals surface area contributed by atoms with Crippen LogP contribution >= 0.6 is 21.6 Å². The Kier molecular flexibility index (Phi) is 7.27. The largest absolute Gasteiger partial charge is 0.320 e. The Morgan fingerprint density at radius 2 is 1.06 bits per heavy atom. The SMILES string of the molecule is O=C(Nc1cccc(SSc2ccccc2)c1NC(=O)c1ccccc1)c1ccccc1. The zero-order valence-electron chi connectivity index (χ0n) is 17.0. The van der Waals surface area contributed by atoms with Gasteiger partial charge in [0.05, 0.1) is 11.4 Å². The molecular weight excluding hydrogens is 436 g/mol. The van der Waals surface area contributed by atoms with Gasteiger partial charge < -0.3 is 10.6 Å². The molecule has 0 spiro atoms. The highest BCUT2D eigenvalue weighted by Crippen LogP contribution is 2.43. The third-order valence-corrected chi connectivity index (χ3v) is 6.99. The summed E-state index contributed by atoms with van der Waals surface area (Å²) in [6.07, 6.45) is 0. The third-order valence-electron chi connectivity index (χ3n) is 4.56. The summed E-state index contributed by atoms with van der Waals surface area (Å²) < 4.78 is 0. The molecular formula is C26H20N2O2S2. The van der Waals surface area contributed by atoms with Gasteiger partial charge in [-0.3, -0.25) is 9.59 Å². The van der Waals surface area contributed by atoms with E-state index in [0.717, 1.165) is 9.79 Å². The van der Waals surface area contributed by atoms with Crippen LogP contribution in [0.2, 0.25) is 0 Å². The minimum atomic E-state index is -0.237. The first-order valence-electron chi connectivity index (χ1n) is 9.96. The smallest absolute Gasteiger partial charge is 0.255 e. The van der Waals surface area contributed by atoms with Crippen molar-refractivity contribution in [2.75, 3.05) is 10.6 Å². The van der Waals surface area contributed by atoms with Crippen LogP contribution in [0.15, 0.2) is 119 Å². The number of carbonyl (C=O) groups is 2. The third kappa shape index (κ3) is 5.60. The maximum Gasteiger partial charge on any atom is 0.255 e. The summed E-state index contributed by atoms with van der Waals surface area (Å²) in [4.78, 5) is 27.6. The minimum absolute atomic E-state index is 0.237. The summed E-state index contributed by atoms with van der Waals surface area (Å²) in [5.74, 6) is -0.475. The predicted octanol–water partition coefficient (Wildman–Crippen LogP) is 6.99. The quantitative estimate of drug-likeness (QED) is 0.294. The highest BCUT2D eigenvalue weighted by Gasteiger charge is 2.16. The van der Waals surface area contributed by atoms with Gasteiger partial charge in [-0.05, 0) is 48.5 Å². The number of para-hydroxylation sites is 1. The highest BCUT2D eigenvalue weighted by atomic mass is 33.1. The van der Waals surface area contributed by atoms with Crippen molar-refractivity contribution in [3.8, 4) is 0 Å². The van der Waals surface area contributed by atoms with Gasteiger partial charge in [0.25, 0.3) is 11.8 Å². The van der Waals surface area contributed by atoms with E-state index in [1.54, 1.807) is 41.1 Å². The maximum absolute atomic E-state index is 12.9. The number of benzene rings is 4. The van der Waals surface area contributed by atoms with E-state index in [-0.39, 0.29) is 11.8 Å². The zero-order chi connectivity index (χ0) is 22.2. The van der Waals surface area contributed by atoms with E-state index in [0.29, 0.717) is 22.5 Å². The molecule has 0 saturated heterocycles. The first-order chi connectivity index (χ1) is 15.7. The normalized spacial score (nSPS) is 10.4. The van der Waals surface area contributed by atoms with Crippen LogP contribution in [0.4, 0.5) is 11.4 Å². The molecule has 0 aliphatic carbocycles. The summed E-state index contributed by atoms with van der Waals surface area (Å²) in [7, 11) is 3.11. The molecule has 0 fully saturated rings. The second-order valence-electron chi connectivity index (χ2n) is 6.80. The van der Waals surface area contributed by atoms with Gasteiger partial charge in [-0.2, -0.15) is 0 Å². The van der Waals surface area contributed by atoms with Crippen LogP contribution < -0.4 is 10.6 Å². The topological polar surface area (TPSA) is 58.2 Å². The number of anilines is 2. The van der Waals surface area contributed by atoms with Crippen LogP contribution in [0.1, 0.15) is 20.7 Å². The van der Waals surface area contributed by atoms with Crippen molar-refractivity contribution in [3.63, 3.8) is 0 Å². The predicted molar refractivity (Wildman–Crippen MR) is 133 cm³/mol. The molecule has 2 amide bonds. The van der Waals surface area contributed by atoms with Gasteiger partial charge in [0, 0.05) is 20.9 Å². The molecule has 0 aromatic heterocycles. The Morgan fingerprint density at radius 3 is 1.66 bits per heavy atom. The van der Waals surface area contributed by atoms with Crippen molar-refractivity contribution >= 4 is 44.8 Å². The van der Waals surface area contributed by atoms with Crippen LogP contribution in [0.25, 0.3) is 0 Å². The van der Waals surface area contributed by atoms with Gasteiger partial charge in [0.15, 0.2) is 0 Å². The molecule has 4 rings (SSSR count). The first kappa shape index (κ1) is 21.7. The van der Waals surface area contributed by atoms with Gasteiger partial charge in [-0.1, -0.05) is 82.3 Å². The second-order valence-corrected chi connectivity index (χ2v) is 9.04. The van der Waals surface area contributed by atoms with Crippen molar-refractivity contribution in [1.29, 1.82) is 0 Å². The summed E-state index contributed by atoms with van der Waals surface area (Å²) in [5, 5.41) is 5.95. The summed E-state index contributed by atoms with van der Waals surface area (Å²) in [6, 6.07) is 33.6. The number of hydrogen-bond donors (Lipinski definition) is 2. The molecule has 0 aliphatic heterocycles. The summed E-state index contributed by atoms with van der Waals surface area (Å²) >= 11 is 0. The lowest BCUT2D eigenvalue weighted by atomic mass is 10.2. The standard InChI is InChI=1S/C26H20N2O2S2/c29-25(19-11-4-1-5-12-19)27-22-17-10-18-23(32-31-21-15-8-3-9-16-21)24(22)28-26(30)20-13-6-2-7-14-20/h1-18H,(H,27,29)(H,28,30). The molecule has 32 heavy (non-hydrogen) atoms. The van der Waals surface area contributed by atoms with Gasteiger partial charge in [-0.15, -0.1) is 0 Å². The molecule has 2 N–H and O–H groups in total. The van der Waals surface area contributed by atoms with E-state index in [1.807, 2.05) is 78.9 Å². The molecule has 0 atom stereocenters. The second kappa shape index (κ2) is 10.7. The molecule has 0 bridgehead atoms. The maximum atomic E-state index is 12.9. The van der Waals surface area contributed by atoms with Crippen LogP contribution in [-0.2, 0) is 0 Å². The lowest BCUT2D eigenvalue weighted by molar-refractivity contribution is 0.101. The molecule has 0 aliphatic rings. The Balaban J connectivity index is 1.63. The van der Waals surface area contributed by atoms with Crippen molar-refractivity contribution in [2.45, 2.75) is 9.79 Å². The van der Waals surface area contributed by atoms with Crippen LogP contribution in [0.5, 0.6) is 0 Å². The fraction of sp³-hybridized carbons (Fsp3) is 0. The fourth-order valence-electron chi connectivity index (χ4n) is 2.96. The lowest BCUT2D eigenvalue weighted by Crippen LogP contribution is -2.17. The van der Waals surface area contributed by atoms with E-state index in [2.05, 4.69) is 10.6 Å². The molecule has 6 heteroatoms. The number of nitrogens with one attached hydrogen (secondary N) is 2. The van der Waals surface area contributed by atoms with E-state index in [4.69, 9.17) is 0 Å². The molecule has 0 radical (unpaired) electrons. The number of carbonyl (C=O) groups excluding carboxylic acids is 2. The average Bonchev–Trinajstić information content (AvgIpc) is 2.85. The van der Waals surface area contributed by atoms with Gasteiger partial charge in [0.1, 0.15) is 0 Å². The summed E-state index contributed by atoms with van der Waals surface area (Å²) in [6.45, 7) is 0. The average molecular weight is 457 g/mol. The Morgan fingerprint density at radius 1 is 0.531 bits per heavy atom. The molecule has 4 aromatic carbocycles. The molecule has 0 unspecified atom stereocenters. The fourth-order valence-corrected chi connectivity index (χ4v) is 5.10. The van der Waals surface area contributed by atoms with E-state index < -0.39 is 0 Å². The van der Waals surface area contributed by atoms with Gasteiger partial charge in [-0.25, -0.2) is 0 Å². The van der Waals surface area contributed by atoms with Crippen LogP contribution in [0.3, 0.4) is 0 Å². The number of rotatable bonds is 7. The van der Waals surface area contributed by atoms with Crippen molar-refractivity contribution in [1.82, 2.24) is 0 Å². The zero-order valence-corrected chi connectivity index (χ0v) is 18.7. The van der Waals surface area contributed by atoms with Crippen molar-refractivity contribution in [2.24, 2.45) is 0 Å². The monoisotopic (exact) mass is 456 g/mol. The van der Waals surface area contributed by atoms with Crippen molar-refractivity contribution < 1.29 is 9.59 Å². The lowest BCUT2D eigenvalue weighted by Gasteiger charge is -2.16.